The first kappa shape index (κ1) is 24.3. The molecule has 0 fully saturated rings. The van der Waals surface area contributed by atoms with E-state index in [9.17, 15) is 9.59 Å². The van der Waals surface area contributed by atoms with Gasteiger partial charge in [-0.15, -0.1) is 0 Å². The second kappa shape index (κ2) is 13.3. The van der Waals surface area contributed by atoms with Gasteiger partial charge >= 0.3 is 5.97 Å². The maximum atomic E-state index is 12.5. The van der Waals surface area contributed by atoms with Gasteiger partial charge in [-0.3, -0.25) is 4.79 Å². The number of methoxy groups -OCH3 is 1. The standard InChI is InChI=1S/C21H29Cl2N3O4/c1-29-20(28)17(26-19(27)18-15(22)9-8-10-16(18)23)11-6-4-2-3-5-7-12-24-21-25-13-14-30-21/h8-10,17H,2-7,11-14H2,1H3,(H,24,25)(H,26,27)/t17-/m0/s1. The van der Waals surface area contributed by atoms with Crippen LogP contribution < -0.4 is 10.6 Å². The third kappa shape index (κ3) is 8.03. The Morgan fingerprint density at radius 1 is 1.13 bits per heavy atom. The van der Waals surface area contributed by atoms with E-state index in [2.05, 4.69) is 15.6 Å². The molecule has 0 saturated heterocycles. The third-order valence-corrected chi connectivity index (χ3v) is 5.39. The van der Waals surface area contributed by atoms with Crippen LogP contribution in [0.25, 0.3) is 0 Å². The lowest BCUT2D eigenvalue weighted by Gasteiger charge is -2.17. The molecule has 2 rings (SSSR count). The molecule has 30 heavy (non-hydrogen) atoms. The van der Waals surface area contributed by atoms with Crippen molar-refractivity contribution in [2.24, 2.45) is 4.99 Å². The minimum absolute atomic E-state index is 0.164. The van der Waals surface area contributed by atoms with E-state index >= 15 is 0 Å². The van der Waals surface area contributed by atoms with Crippen molar-refractivity contribution in [1.29, 1.82) is 0 Å². The van der Waals surface area contributed by atoms with E-state index in [1.165, 1.54) is 7.11 Å². The zero-order valence-electron chi connectivity index (χ0n) is 17.2. The molecule has 1 aromatic rings. The van der Waals surface area contributed by atoms with Gasteiger partial charge in [0.2, 0.25) is 0 Å². The van der Waals surface area contributed by atoms with Crippen molar-refractivity contribution in [3.8, 4) is 0 Å². The molecule has 9 heteroatoms. The number of hydrogen-bond donors (Lipinski definition) is 2. The Balaban J connectivity index is 1.66. The van der Waals surface area contributed by atoms with Crippen LogP contribution in [-0.2, 0) is 14.3 Å². The van der Waals surface area contributed by atoms with Gasteiger partial charge < -0.3 is 20.1 Å². The SMILES string of the molecule is COC(=O)[C@H](CCCCCCCCNC1=NCCO1)NC(=O)c1c(Cl)cccc1Cl. The first-order valence-electron chi connectivity index (χ1n) is 10.3. The molecule has 0 aromatic heterocycles. The number of halogens is 2. The summed E-state index contributed by atoms with van der Waals surface area (Å²) in [5.41, 5.74) is 0.164. The third-order valence-electron chi connectivity index (χ3n) is 4.76. The summed E-state index contributed by atoms with van der Waals surface area (Å²) in [5.74, 6) is -0.959. The highest BCUT2D eigenvalue weighted by molar-refractivity contribution is 6.39. The second-order valence-electron chi connectivity index (χ2n) is 7.02. The van der Waals surface area contributed by atoms with Crippen LogP contribution in [0.15, 0.2) is 23.2 Å². The van der Waals surface area contributed by atoms with E-state index in [4.69, 9.17) is 32.7 Å². The number of aliphatic imine (C=N–C) groups is 1. The van der Waals surface area contributed by atoms with E-state index in [1.54, 1.807) is 18.2 Å². The number of ether oxygens (including phenoxy) is 2. The zero-order chi connectivity index (χ0) is 21.8. The molecule has 0 radical (unpaired) electrons. The maximum Gasteiger partial charge on any atom is 0.328 e. The monoisotopic (exact) mass is 457 g/mol. The molecule has 1 heterocycles. The number of amidine groups is 1. The second-order valence-corrected chi connectivity index (χ2v) is 7.83. The largest absolute Gasteiger partial charge is 0.467 e. The molecule has 166 valence electrons. The minimum atomic E-state index is -0.730. The number of carbonyl (C=O) groups excluding carboxylic acids is 2. The van der Waals surface area contributed by atoms with Gasteiger partial charge in [-0.25, -0.2) is 9.79 Å². The van der Waals surface area contributed by atoms with Gasteiger partial charge in [-0.2, -0.15) is 0 Å². The summed E-state index contributed by atoms with van der Waals surface area (Å²) in [6, 6.07) is 4.75. The lowest BCUT2D eigenvalue weighted by molar-refractivity contribution is -0.143. The van der Waals surface area contributed by atoms with Crippen LogP contribution in [0.3, 0.4) is 0 Å². The van der Waals surface area contributed by atoms with Crippen molar-refractivity contribution < 1.29 is 19.1 Å². The van der Waals surface area contributed by atoms with E-state index < -0.39 is 17.9 Å². The molecule has 2 N–H and O–H groups in total. The number of hydrogen-bond acceptors (Lipinski definition) is 6. The van der Waals surface area contributed by atoms with Crippen LogP contribution in [-0.4, -0.2) is 50.7 Å². The predicted molar refractivity (Wildman–Crippen MR) is 118 cm³/mol. The average Bonchev–Trinajstić information content (AvgIpc) is 3.24. The highest BCUT2D eigenvalue weighted by atomic mass is 35.5. The highest BCUT2D eigenvalue weighted by Gasteiger charge is 2.24. The van der Waals surface area contributed by atoms with Gasteiger partial charge in [0.25, 0.3) is 11.9 Å². The zero-order valence-corrected chi connectivity index (χ0v) is 18.7. The summed E-state index contributed by atoms with van der Waals surface area (Å²) in [4.78, 5) is 28.8. The van der Waals surface area contributed by atoms with Crippen LogP contribution >= 0.6 is 23.2 Å². The topological polar surface area (TPSA) is 89.0 Å². The lowest BCUT2D eigenvalue weighted by atomic mass is 10.0. The summed E-state index contributed by atoms with van der Waals surface area (Å²) in [6.07, 6.45) is 6.62. The molecule has 1 aliphatic heterocycles. The fourth-order valence-corrected chi connectivity index (χ4v) is 3.72. The Labute approximate surface area is 187 Å². The van der Waals surface area contributed by atoms with E-state index in [1.807, 2.05) is 0 Å². The van der Waals surface area contributed by atoms with E-state index in [0.717, 1.165) is 51.6 Å². The number of unbranched alkanes of at least 4 members (excludes halogenated alkanes) is 5. The number of rotatable bonds is 12. The quantitative estimate of drug-likeness (QED) is 0.366. The fourth-order valence-electron chi connectivity index (χ4n) is 3.15. The number of esters is 1. The first-order valence-corrected chi connectivity index (χ1v) is 11.0. The molecule has 1 aromatic carbocycles. The molecule has 0 spiro atoms. The average molecular weight is 458 g/mol. The van der Waals surface area contributed by atoms with Crippen molar-refractivity contribution in [1.82, 2.24) is 10.6 Å². The Morgan fingerprint density at radius 2 is 1.80 bits per heavy atom. The molecular formula is C21H29Cl2N3O4. The van der Waals surface area contributed by atoms with Gasteiger partial charge in [0.15, 0.2) is 0 Å². The van der Waals surface area contributed by atoms with Crippen LogP contribution in [0.1, 0.15) is 55.3 Å². The van der Waals surface area contributed by atoms with Crippen molar-refractivity contribution in [2.75, 3.05) is 26.8 Å². The smallest absolute Gasteiger partial charge is 0.328 e. The van der Waals surface area contributed by atoms with Crippen LogP contribution in [0, 0.1) is 0 Å². The van der Waals surface area contributed by atoms with Crippen molar-refractivity contribution in [2.45, 2.75) is 51.0 Å². The maximum absolute atomic E-state index is 12.5. The molecule has 1 aliphatic rings. The van der Waals surface area contributed by atoms with Crippen molar-refractivity contribution in [3.05, 3.63) is 33.8 Å². The normalized spacial score (nSPS) is 13.9. The number of benzene rings is 1. The summed E-state index contributed by atoms with van der Waals surface area (Å²) in [6.45, 7) is 2.27. The molecule has 1 amide bonds. The number of amides is 1. The number of nitrogens with zero attached hydrogens (tertiary/aromatic N) is 1. The molecule has 7 nitrogen and oxygen atoms in total. The fraction of sp³-hybridized carbons (Fsp3) is 0.571. The Kier molecular flexibility index (Phi) is 10.8. The molecule has 1 atom stereocenters. The van der Waals surface area contributed by atoms with E-state index in [0.29, 0.717) is 19.0 Å². The van der Waals surface area contributed by atoms with Crippen molar-refractivity contribution in [3.63, 3.8) is 0 Å². The summed E-state index contributed by atoms with van der Waals surface area (Å²) < 4.78 is 10.1. The molecule has 0 aliphatic carbocycles. The lowest BCUT2D eigenvalue weighted by Crippen LogP contribution is -2.41. The van der Waals surface area contributed by atoms with Gasteiger partial charge in [0.05, 0.1) is 29.3 Å². The Morgan fingerprint density at radius 3 is 2.43 bits per heavy atom. The first-order chi connectivity index (χ1) is 14.5. The number of nitrogens with one attached hydrogen (secondary N) is 2. The van der Waals surface area contributed by atoms with Crippen LogP contribution in [0.2, 0.25) is 10.0 Å². The van der Waals surface area contributed by atoms with Gasteiger partial charge in [-0.1, -0.05) is 61.4 Å². The van der Waals surface area contributed by atoms with E-state index in [-0.39, 0.29) is 15.6 Å². The molecule has 0 unspecified atom stereocenters. The summed E-state index contributed by atoms with van der Waals surface area (Å²) >= 11 is 12.2. The van der Waals surface area contributed by atoms with Gasteiger partial charge in [0, 0.05) is 6.54 Å². The Hall–Kier alpha value is -1.99. The van der Waals surface area contributed by atoms with Gasteiger partial charge in [0.1, 0.15) is 12.6 Å². The summed E-state index contributed by atoms with van der Waals surface area (Å²) in [7, 11) is 1.31. The summed E-state index contributed by atoms with van der Waals surface area (Å²) in [5, 5.41) is 6.35. The predicted octanol–water partition coefficient (Wildman–Crippen LogP) is 3.97. The number of carbonyl (C=O) groups is 2. The van der Waals surface area contributed by atoms with Crippen molar-refractivity contribution >= 4 is 41.1 Å². The van der Waals surface area contributed by atoms with Crippen LogP contribution in [0.4, 0.5) is 0 Å². The highest BCUT2D eigenvalue weighted by Crippen LogP contribution is 2.24. The molecular weight excluding hydrogens is 429 g/mol. The molecule has 0 bridgehead atoms. The van der Waals surface area contributed by atoms with Gasteiger partial charge in [-0.05, 0) is 25.0 Å². The minimum Gasteiger partial charge on any atom is -0.467 e. The van der Waals surface area contributed by atoms with Crippen LogP contribution in [0.5, 0.6) is 0 Å². The molecule has 0 saturated carbocycles. The Bertz CT molecular complexity index is 723.